The van der Waals surface area contributed by atoms with Gasteiger partial charge in [-0.1, -0.05) is 65.0 Å². The molecule has 0 saturated heterocycles. The minimum Gasteiger partial charge on any atom is -0.387 e. The Morgan fingerprint density at radius 3 is 2.05 bits per heavy atom. The van der Waals surface area contributed by atoms with Crippen molar-refractivity contribution in [1.82, 2.24) is 41.4 Å². The van der Waals surface area contributed by atoms with E-state index in [0.717, 1.165) is 23.8 Å². The fraction of sp³-hybridized carbons (Fsp3) is 0.511. The number of halogens is 2. The molecule has 1 heterocycles. The Kier molecular flexibility index (Phi) is 19.7. The van der Waals surface area contributed by atoms with Crippen molar-refractivity contribution >= 4 is 35.4 Å². The van der Waals surface area contributed by atoms with E-state index in [1.54, 1.807) is 33.2 Å². The van der Waals surface area contributed by atoms with Gasteiger partial charge in [-0.15, -0.1) is 0 Å². The minimum atomic E-state index is -1.26. The first-order valence-electron chi connectivity index (χ1n) is 20.9. The molecule has 0 radical (unpaired) electrons. The first-order chi connectivity index (χ1) is 29.3. The number of aliphatic hydroxyl groups is 1. The van der Waals surface area contributed by atoms with Gasteiger partial charge in [0.25, 0.3) is 0 Å². The maximum Gasteiger partial charge on any atom is 0.248 e. The van der Waals surface area contributed by atoms with E-state index in [0.29, 0.717) is 24.3 Å². The molecule has 0 saturated carbocycles. The van der Waals surface area contributed by atoms with E-state index in [4.69, 9.17) is 0 Å². The summed E-state index contributed by atoms with van der Waals surface area (Å²) >= 11 is 0. The zero-order valence-corrected chi connectivity index (χ0v) is 37.1. The first-order valence-corrected chi connectivity index (χ1v) is 20.9. The van der Waals surface area contributed by atoms with Gasteiger partial charge >= 0.3 is 0 Å². The average molecular weight is 867 g/mol. The second kappa shape index (κ2) is 24.1. The zero-order chi connectivity index (χ0) is 46.1. The van der Waals surface area contributed by atoms with Crippen LogP contribution in [0.5, 0.6) is 0 Å². The van der Waals surface area contributed by atoms with Gasteiger partial charge in [0.15, 0.2) is 0 Å². The second-order valence-corrected chi connectivity index (χ2v) is 16.8. The van der Waals surface area contributed by atoms with Gasteiger partial charge in [-0.2, -0.15) is 0 Å². The molecule has 0 aliphatic carbocycles. The third-order valence-corrected chi connectivity index (χ3v) is 10.2. The van der Waals surface area contributed by atoms with Crippen molar-refractivity contribution in [2.45, 2.75) is 98.4 Å². The maximum absolute atomic E-state index is 15.3. The van der Waals surface area contributed by atoms with Gasteiger partial charge in [-0.05, 0) is 67.5 Å². The Balaban J connectivity index is 2.09. The van der Waals surface area contributed by atoms with Crippen LogP contribution < -0.4 is 31.9 Å². The quantitative estimate of drug-likeness (QED) is 0.0705. The molecule has 1 unspecified atom stereocenters. The van der Waals surface area contributed by atoms with E-state index in [-0.39, 0.29) is 56.3 Å². The lowest BCUT2D eigenvalue weighted by molar-refractivity contribution is -0.140. The van der Waals surface area contributed by atoms with Crippen LogP contribution in [0.1, 0.15) is 85.0 Å². The highest BCUT2D eigenvalue weighted by Gasteiger charge is 2.38. The Hall–Kier alpha value is -5.68. The molecule has 0 aliphatic heterocycles. The zero-order valence-electron chi connectivity index (χ0n) is 37.1. The molecular weight excluding hydrogens is 803 g/mol. The molecule has 62 heavy (non-hydrogen) atoms. The summed E-state index contributed by atoms with van der Waals surface area (Å²) in [5.74, 6) is -4.93. The summed E-state index contributed by atoms with van der Waals surface area (Å²) in [4.78, 5) is 80.3. The molecule has 3 aromatic rings. The van der Waals surface area contributed by atoms with Gasteiger partial charge in [0.05, 0.1) is 6.04 Å². The Bertz CT molecular complexity index is 1990. The Morgan fingerprint density at radius 2 is 1.45 bits per heavy atom. The lowest BCUT2D eigenvalue weighted by Gasteiger charge is -2.41. The van der Waals surface area contributed by atoms with E-state index < -0.39 is 77.4 Å². The summed E-state index contributed by atoms with van der Waals surface area (Å²) in [6, 6.07) is 10.1. The van der Waals surface area contributed by atoms with Crippen LogP contribution in [-0.2, 0) is 35.3 Å². The van der Waals surface area contributed by atoms with Crippen LogP contribution in [0.2, 0.25) is 0 Å². The molecule has 17 heteroatoms. The number of rotatable bonds is 23. The molecular formula is C45H64F2N8O7. The van der Waals surface area contributed by atoms with E-state index in [1.807, 2.05) is 55.7 Å². The molecule has 15 nitrogen and oxygen atoms in total. The van der Waals surface area contributed by atoms with Gasteiger partial charge in [-0.25, -0.2) is 8.78 Å². The number of carbonyl (C=O) groups is 6. The number of nitrogens with one attached hydrogen (secondary N) is 6. The molecule has 6 amide bonds. The predicted octanol–water partition coefficient (Wildman–Crippen LogP) is 3.16. The molecule has 0 bridgehead atoms. The SMILES string of the molecule is CNCCNC(=O)[C@H](CCN(C(=O)CO)[C@@H](c1cc(-c2cc(F)ccc2F)cn1Cc1ccccc1)C(C)(C)C)NC(=O)[C@H](CCCNC(C)=O)NC(=O)C(NC(C)=O)C(C)C. The molecule has 2 aromatic carbocycles. The Labute approximate surface area is 363 Å². The summed E-state index contributed by atoms with van der Waals surface area (Å²) < 4.78 is 31.6. The van der Waals surface area contributed by atoms with Crippen molar-refractivity contribution in [3.8, 4) is 11.1 Å². The van der Waals surface area contributed by atoms with Gasteiger partial charge in [0, 0.05) is 69.6 Å². The second-order valence-electron chi connectivity index (χ2n) is 16.8. The number of hydrogen-bond donors (Lipinski definition) is 7. The molecule has 3 rings (SSSR count). The molecule has 4 atom stereocenters. The van der Waals surface area contributed by atoms with Crippen molar-refractivity contribution in [2.24, 2.45) is 11.3 Å². The fourth-order valence-corrected chi connectivity index (χ4v) is 7.20. The molecule has 7 N–H and O–H groups in total. The van der Waals surface area contributed by atoms with Gasteiger partial charge in [0.1, 0.15) is 36.4 Å². The fourth-order valence-electron chi connectivity index (χ4n) is 7.20. The van der Waals surface area contributed by atoms with E-state index in [2.05, 4.69) is 31.9 Å². The van der Waals surface area contributed by atoms with Crippen molar-refractivity contribution in [1.29, 1.82) is 0 Å². The van der Waals surface area contributed by atoms with Crippen molar-refractivity contribution < 1.29 is 42.7 Å². The minimum absolute atomic E-state index is 0.0160. The van der Waals surface area contributed by atoms with Crippen molar-refractivity contribution in [3.05, 3.63) is 83.7 Å². The average Bonchev–Trinajstić information content (AvgIpc) is 3.60. The number of hydrogen-bond acceptors (Lipinski definition) is 8. The van der Waals surface area contributed by atoms with Gasteiger partial charge in [0.2, 0.25) is 35.4 Å². The predicted molar refractivity (Wildman–Crippen MR) is 232 cm³/mol. The highest BCUT2D eigenvalue weighted by atomic mass is 19.1. The van der Waals surface area contributed by atoms with E-state index in [1.165, 1.54) is 18.7 Å². The number of likely N-dealkylation sites (N-methyl/N-ethyl adjacent to an activating group) is 1. The van der Waals surface area contributed by atoms with Crippen LogP contribution >= 0.6 is 0 Å². The third-order valence-electron chi connectivity index (χ3n) is 10.2. The smallest absolute Gasteiger partial charge is 0.248 e. The monoisotopic (exact) mass is 866 g/mol. The van der Waals surface area contributed by atoms with Crippen molar-refractivity contribution in [3.63, 3.8) is 0 Å². The summed E-state index contributed by atoms with van der Waals surface area (Å²) in [6.07, 6.45) is 1.88. The summed E-state index contributed by atoms with van der Waals surface area (Å²) in [7, 11) is 1.71. The van der Waals surface area contributed by atoms with Crippen LogP contribution in [0, 0.1) is 23.0 Å². The largest absolute Gasteiger partial charge is 0.387 e. The number of aliphatic hydroxyl groups excluding tert-OH is 1. The van der Waals surface area contributed by atoms with Crippen LogP contribution in [0.15, 0.2) is 60.8 Å². The molecule has 1 aromatic heterocycles. The standard InChI is InChI=1S/C45H64F2N8O7/c1-28(2)40(51-30(4)58)44(62)53-36(15-12-19-49-29(3)57)43(61)52-37(42(60)50-21-20-48-8)18-22-55(39(59)27-56)41(45(5,6)7)38-23-32(34-24-33(46)16-17-35(34)47)26-54(38)25-31-13-10-9-11-14-31/h9-11,13-14,16-17,23-24,26,28,36-37,40-41,48,56H,12,15,18-22,25,27H2,1-8H3,(H,49,57)(H,50,60)(H,51,58)(H,52,61)(H,53,62)/t36-,37-,40?,41-/m0/s1. The van der Waals surface area contributed by atoms with Crippen LogP contribution in [0.4, 0.5) is 8.78 Å². The number of nitrogens with zero attached hydrogens (tertiary/aromatic N) is 2. The topological polar surface area (TPSA) is 203 Å². The van der Waals surface area contributed by atoms with Crippen LogP contribution in [-0.4, -0.2) is 108 Å². The maximum atomic E-state index is 15.3. The molecule has 0 fully saturated rings. The van der Waals surface area contributed by atoms with E-state index >= 15 is 4.39 Å². The number of amides is 6. The summed E-state index contributed by atoms with van der Waals surface area (Å²) in [6.45, 7) is 11.8. The first kappa shape index (κ1) is 50.7. The van der Waals surface area contributed by atoms with Gasteiger partial charge < -0.3 is 46.5 Å². The molecule has 0 spiro atoms. The van der Waals surface area contributed by atoms with E-state index in [9.17, 15) is 38.3 Å². The lowest BCUT2D eigenvalue weighted by Crippen LogP contribution is -2.58. The molecule has 340 valence electrons. The number of aromatic nitrogens is 1. The van der Waals surface area contributed by atoms with Gasteiger partial charge in [-0.3, -0.25) is 28.8 Å². The summed E-state index contributed by atoms with van der Waals surface area (Å²) in [5, 5.41) is 26.9. The Morgan fingerprint density at radius 1 is 0.790 bits per heavy atom. The third kappa shape index (κ3) is 15.3. The lowest BCUT2D eigenvalue weighted by atomic mass is 9.82. The highest BCUT2D eigenvalue weighted by Crippen LogP contribution is 2.41. The van der Waals surface area contributed by atoms with Crippen molar-refractivity contribution in [2.75, 3.05) is 39.8 Å². The number of carbonyl (C=O) groups excluding carboxylic acids is 6. The highest BCUT2D eigenvalue weighted by molar-refractivity contribution is 5.94. The molecule has 0 aliphatic rings. The normalized spacial score (nSPS) is 13.4. The van der Waals surface area contributed by atoms with Crippen LogP contribution in [0.3, 0.4) is 0 Å². The summed E-state index contributed by atoms with van der Waals surface area (Å²) in [5.41, 5.74) is 1.05. The number of benzene rings is 2. The van der Waals surface area contributed by atoms with Crippen LogP contribution in [0.25, 0.3) is 11.1 Å².